The molecule has 0 aliphatic heterocycles. The summed E-state index contributed by atoms with van der Waals surface area (Å²) in [6.07, 6.45) is 0.761. The van der Waals surface area contributed by atoms with Crippen LogP contribution >= 0.6 is 15.9 Å². The summed E-state index contributed by atoms with van der Waals surface area (Å²) in [4.78, 5) is 24.1. The van der Waals surface area contributed by atoms with Crippen LogP contribution in [0.3, 0.4) is 0 Å². The molecule has 0 unspecified atom stereocenters. The molecule has 0 aliphatic rings. The van der Waals surface area contributed by atoms with Crippen molar-refractivity contribution < 1.29 is 23.8 Å². The van der Waals surface area contributed by atoms with E-state index in [1.807, 2.05) is 6.92 Å². The van der Waals surface area contributed by atoms with Crippen LogP contribution in [0, 0.1) is 0 Å². The SMILES string of the molecule is CCOc1cc(/C=N\NC(=O)OC)cc(Br)c1OCC(=O)N(C)C. The standard InChI is InChI=1S/C15H20BrN3O5/c1-5-23-12-7-10(8-17-18-15(21)22-4)6-11(16)14(12)24-9-13(20)19(2)3/h6-8H,5,9H2,1-4H3,(H,18,21)/b17-8-. The molecule has 132 valence electrons. The van der Waals surface area contributed by atoms with Gasteiger partial charge in [-0.1, -0.05) is 0 Å². The van der Waals surface area contributed by atoms with Crippen molar-refractivity contribution in [3.05, 3.63) is 22.2 Å². The molecule has 0 saturated carbocycles. The molecular weight excluding hydrogens is 382 g/mol. The molecule has 0 fully saturated rings. The lowest BCUT2D eigenvalue weighted by molar-refractivity contribution is -0.130. The number of halogens is 1. The molecule has 0 saturated heterocycles. The summed E-state index contributed by atoms with van der Waals surface area (Å²) < 4.78 is 16.1. The van der Waals surface area contributed by atoms with E-state index in [-0.39, 0.29) is 12.5 Å². The van der Waals surface area contributed by atoms with Crippen molar-refractivity contribution in [2.45, 2.75) is 6.92 Å². The number of hydrogen-bond donors (Lipinski definition) is 1. The van der Waals surface area contributed by atoms with Crippen LogP contribution in [0.4, 0.5) is 4.79 Å². The third kappa shape index (κ3) is 6.07. The van der Waals surface area contributed by atoms with Gasteiger partial charge in [0.15, 0.2) is 18.1 Å². The Balaban J connectivity index is 2.96. The van der Waals surface area contributed by atoms with E-state index >= 15 is 0 Å². The number of ether oxygens (including phenoxy) is 3. The number of hydrazone groups is 1. The summed E-state index contributed by atoms with van der Waals surface area (Å²) in [6.45, 7) is 2.15. The first-order valence-electron chi connectivity index (χ1n) is 7.05. The number of likely N-dealkylation sites (N-methyl/N-ethyl adjacent to an activating group) is 1. The Kier molecular flexibility index (Phi) is 8.03. The van der Waals surface area contributed by atoms with Crippen molar-refractivity contribution in [3.8, 4) is 11.5 Å². The van der Waals surface area contributed by atoms with Gasteiger partial charge in [0, 0.05) is 14.1 Å². The monoisotopic (exact) mass is 401 g/mol. The summed E-state index contributed by atoms with van der Waals surface area (Å²) in [5, 5.41) is 3.75. The second kappa shape index (κ2) is 9.76. The quantitative estimate of drug-likeness (QED) is 0.557. The fraction of sp³-hybridized carbons (Fsp3) is 0.400. The van der Waals surface area contributed by atoms with Crippen LogP contribution in [-0.2, 0) is 9.53 Å². The van der Waals surface area contributed by atoms with Gasteiger partial charge in [-0.15, -0.1) is 0 Å². The molecule has 0 heterocycles. The summed E-state index contributed by atoms with van der Waals surface area (Å²) >= 11 is 3.39. The minimum absolute atomic E-state index is 0.108. The summed E-state index contributed by atoms with van der Waals surface area (Å²) in [6, 6.07) is 3.41. The summed E-state index contributed by atoms with van der Waals surface area (Å²) in [7, 11) is 4.55. The van der Waals surface area contributed by atoms with Gasteiger partial charge in [0.25, 0.3) is 5.91 Å². The van der Waals surface area contributed by atoms with Crippen LogP contribution in [0.25, 0.3) is 0 Å². The van der Waals surface area contributed by atoms with Gasteiger partial charge in [0.1, 0.15) is 0 Å². The second-order valence-corrected chi connectivity index (χ2v) is 5.56. The van der Waals surface area contributed by atoms with Crippen molar-refractivity contribution in [2.75, 3.05) is 34.4 Å². The lowest BCUT2D eigenvalue weighted by Crippen LogP contribution is -2.27. The number of carbonyl (C=O) groups is 2. The van der Waals surface area contributed by atoms with Crippen molar-refractivity contribution in [2.24, 2.45) is 5.10 Å². The first kappa shape index (κ1) is 19.8. The van der Waals surface area contributed by atoms with E-state index in [9.17, 15) is 9.59 Å². The average Bonchev–Trinajstić information content (AvgIpc) is 2.53. The van der Waals surface area contributed by atoms with Crippen LogP contribution < -0.4 is 14.9 Å². The Labute approximate surface area is 148 Å². The van der Waals surface area contributed by atoms with Crippen molar-refractivity contribution in [1.82, 2.24) is 10.3 Å². The molecular formula is C15H20BrN3O5. The van der Waals surface area contributed by atoms with Gasteiger partial charge in [-0.05, 0) is 40.5 Å². The number of carbonyl (C=O) groups excluding carboxylic acids is 2. The van der Waals surface area contributed by atoms with Crippen LogP contribution in [0.2, 0.25) is 0 Å². The molecule has 1 rings (SSSR count). The molecule has 0 radical (unpaired) electrons. The number of methoxy groups -OCH3 is 1. The van der Waals surface area contributed by atoms with Gasteiger partial charge in [0.05, 0.1) is 24.4 Å². The molecule has 0 aliphatic carbocycles. The number of rotatable bonds is 7. The fourth-order valence-electron chi connectivity index (χ4n) is 1.53. The fourth-order valence-corrected chi connectivity index (χ4v) is 2.11. The normalized spacial score (nSPS) is 10.4. The highest BCUT2D eigenvalue weighted by Gasteiger charge is 2.14. The van der Waals surface area contributed by atoms with E-state index in [0.717, 1.165) is 0 Å². The van der Waals surface area contributed by atoms with Crippen LogP contribution in [0.15, 0.2) is 21.7 Å². The van der Waals surface area contributed by atoms with Crippen molar-refractivity contribution >= 4 is 34.1 Å². The Morgan fingerprint density at radius 2 is 2.04 bits per heavy atom. The van der Waals surface area contributed by atoms with Crippen molar-refractivity contribution in [1.29, 1.82) is 0 Å². The Morgan fingerprint density at radius 1 is 1.33 bits per heavy atom. The van der Waals surface area contributed by atoms with Crippen LogP contribution in [-0.4, -0.2) is 57.5 Å². The highest BCUT2D eigenvalue weighted by atomic mass is 79.9. The number of nitrogens with one attached hydrogen (secondary N) is 1. The topological polar surface area (TPSA) is 89.5 Å². The van der Waals surface area contributed by atoms with Gasteiger partial charge >= 0.3 is 6.09 Å². The lowest BCUT2D eigenvalue weighted by atomic mass is 10.2. The molecule has 0 aromatic heterocycles. The first-order chi connectivity index (χ1) is 11.4. The smallest absolute Gasteiger partial charge is 0.427 e. The maximum atomic E-state index is 11.7. The minimum atomic E-state index is -0.669. The van der Waals surface area contributed by atoms with E-state index in [0.29, 0.717) is 28.1 Å². The van der Waals surface area contributed by atoms with E-state index in [1.165, 1.54) is 18.2 Å². The molecule has 1 N–H and O–H groups in total. The Bertz CT molecular complexity index is 619. The number of nitrogens with zero attached hydrogens (tertiary/aromatic N) is 2. The largest absolute Gasteiger partial charge is 0.490 e. The zero-order valence-corrected chi connectivity index (χ0v) is 15.5. The van der Waals surface area contributed by atoms with E-state index in [1.54, 1.807) is 26.2 Å². The highest BCUT2D eigenvalue weighted by molar-refractivity contribution is 9.10. The lowest BCUT2D eigenvalue weighted by Gasteiger charge is -2.16. The third-order valence-electron chi connectivity index (χ3n) is 2.73. The Morgan fingerprint density at radius 3 is 2.62 bits per heavy atom. The zero-order valence-electron chi connectivity index (χ0n) is 14.0. The van der Waals surface area contributed by atoms with Gasteiger partial charge in [-0.3, -0.25) is 4.79 Å². The zero-order chi connectivity index (χ0) is 18.1. The van der Waals surface area contributed by atoms with E-state index in [4.69, 9.17) is 9.47 Å². The molecule has 1 aromatic carbocycles. The molecule has 2 amide bonds. The van der Waals surface area contributed by atoms with Crippen molar-refractivity contribution in [3.63, 3.8) is 0 Å². The third-order valence-corrected chi connectivity index (χ3v) is 3.31. The predicted octanol–water partition coefficient (Wildman–Crippen LogP) is 2.00. The molecule has 8 nitrogen and oxygen atoms in total. The first-order valence-corrected chi connectivity index (χ1v) is 7.84. The number of hydrogen-bond acceptors (Lipinski definition) is 6. The summed E-state index contributed by atoms with van der Waals surface area (Å²) in [5.74, 6) is 0.709. The molecule has 0 atom stereocenters. The predicted molar refractivity (Wildman–Crippen MR) is 92.6 cm³/mol. The summed E-state index contributed by atoms with van der Waals surface area (Å²) in [5.41, 5.74) is 2.85. The molecule has 0 bridgehead atoms. The molecule has 9 heteroatoms. The van der Waals surface area contributed by atoms with Gasteiger partial charge in [0.2, 0.25) is 0 Å². The minimum Gasteiger partial charge on any atom is -0.490 e. The highest BCUT2D eigenvalue weighted by Crippen LogP contribution is 2.36. The molecule has 1 aromatic rings. The number of benzene rings is 1. The van der Waals surface area contributed by atoms with E-state index in [2.05, 4.69) is 31.2 Å². The number of amides is 2. The average molecular weight is 402 g/mol. The molecule has 24 heavy (non-hydrogen) atoms. The van der Waals surface area contributed by atoms with Crippen LogP contribution in [0.1, 0.15) is 12.5 Å². The Hall–Kier alpha value is -2.29. The van der Waals surface area contributed by atoms with Crippen LogP contribution in [0.5, 0.6) is 11.5 Å². The second-order valence-electron chi connectivity index (χ2n) is 4.70. The maximum absolute atomic E-state index is 11.7. The van der Waals surface area contributed by atoms with Gasteiger partial charge < -0.3 is 19.1 Å². The maximum Gasteiger partial charge on any atom is 0.427 e. The van der Waals surface area contributed by atoms with Gasteiger partial charge in [-0.25, -0.2) is 10.2 Å². The van der Waals surface area contributed by atoms with Gasteiger partial charge in [-0.2, -0.15) is 5.10 Å². The van der Waals surface area contributed by atoms with E-state index < -0.39 is 6.09 Å². The molecule has 0 spiro atoms.